The van der Waals surface area contributed by atoms with Crippen LogP contribution in [0.4, 0.5) is 0 Å². The van der Waals surface area contributed by atoms with E-state index in [4.69, 9.17) is 5.26 Å². The lowest BCUT2D eigenvalue weighted by Gasteiger charge is -2.36. The van der Waals surface area contributed by atoms with Gasteiger partial charge in [0.1, 0.15) is 0 Å². The average molecular weight is 230 g/mol. The number of hydrogen-bond acceptors (Lipinski definition) is 4. The molecule has 1 aliphatic rings. The van der Waals surface area contributed by atoms with Crippen molar-refractivity contribution >= 4 is 0 Å². The molecule has 4 nitrogen and oxygen atoms in total. The maximum atomic E-state index is 8.76. The van der Waals surface area contributed by atoms with Gasteiger partial charge in [-0.2, -0.15) is 5.26 Å². The Morgan fingerprint density at radius 2 is 2.41 bits per heavy atom. The summed E-state index contributed by atoms with van der Waals surface area (Å²) in [6, 6.07) is 8.95. The Morgan fingerprint density at radius 3 is 3.12 bits per heavy atom. The van der Waals surface area contributed by atoms with E-state index in [9.17, 15) is 0 Å². The molecule has 1 aromatic heterocycles. The van der Waals surface area contributed by atoms with Gasteiger partial charge in [0.05, 0.1) is 18.2 Å². The molecule has 2 unspecified atom stereocenters. The van der Waals surface area contributed by atoms with Crippen LogP contribution < -0.4 is 5.32 Å². The molecule has 1 aliphatic heterocycles. The minimum absolute atomic E-state index is 0.285. The van der Waals surface area contributed by atoms with Crippen molar-refractivity contribution in [1.82, 2.24) is 15.2 Å². The summed E-state index contributed by atoms with van der Waals surface area (Å²) < 4.78 is 0. The van der Waals surface area contributed by atoms with Crippen LogP contribution in [0.1, 0.15) is 19.0 Å². The summed E-state index contributed by atoms with van der Waals surface area (Å²) in [5, 5.41) is 12.2. The molecule has 0 aromatic carbocycles. The Labute approximate surface area is 102 Å². The molecule has 17 heavy (non-hydrogen) atoms. The SMILES string of the molecule is CC1CN(Cc2ccccn2)CC(CC#N)N1. The molecule has 1 fully saturated rings. The van der Waals surface area contributed by atoms with Crippen molar-refractivity contribution in [3.8, 4) is 6.07 Å². The number of nitrogens with one attached hydrogen (secondary N) is 1. The molecule has 2 heterocycles. The van der Waals surface area contributed by atoms with Gasteiger partial charge in [-0.15, -0.1) is 0 Å². The van der Waals surface area contributed by atoms with Crippen LogP contribution in [0.2, 0.25) is 0 Å². The smallest absolute Gasteiger partial charge is 0.0638 e. The summed E-state index contributed by atoms with van der Waals surface area (Å²) in [6.45, 7) is 4.97. The average Bonchev–Trinajstić information content (AvgIpc) is 2.30. The normalized spacial score (nSPS) is 25.4. The van der Waals surface area contributed by atoms with Gasteiger partial charge in [-0.25, -0.2) is 0 Å². The Kier molecular flexibility index (Phi) is 4.08. The Bertz CT molecular complexity index is 384. The fraction of sp³-hybridized carbons (Fsp3) is 0.538. The molecule has 2 atom stereocenters. The van der Waals surface area contributed by atoms with E-state index in [2.05, 4.69) is 28.2 Å². The third-order valence-electron chi connectivity index (χ3n) is 2.98. The van der Waals surface area contributed by atoms with Crippen molar-refractivity contribution in [3.05, 3.63) is 30.1 Å². The van der Waals surface area contributed by atoms with Gasteiger partial charge < -0.3 is 5.32 Å². The van der Waals surface area contributed by atoms with E-state index in [1.165, 1.54) is 0 Å². The van der Waals surface area contributed by atoms with Gasteiger partial charge in [-0.05, 0) is 19.1 Å². The van der Waals surface area contributed by atoms with E-state index >= 15 is 0 Å². The molecule has 4 heteroatoms. The number of nitrogens with zero attached hydrogens (tertiary/aromatic N) is 3. The van der Waals surface area contributed by atoms with Crippen molar-refractivity contribution < 1.29 is 0 Å². The molecule has 0 bridgehead atoms. The van der Waals surface area contributed by atoms with Gasteiger partial charge in [-0.3, -0.25) is 9.88 Å². The van der Waals surface area contributed by atoms with Gasteiger partial charge in [0.15, 0.2) is 0 Å². The summed E-state index contributed by atoms with van der Waals surface area (Å²) in [5.41, 5.74) is 1.09. The molecule has 0 aliphatic carbocycles. The van der Waals surface area contributed by atoms with E-state index < -0.39 is 0 Å². The zero-order chi connectivity index (χ0) is 12.1. The number of nitriles is 1. The minimum atomic E-state index is 0.285. The standard InChI is InChI=1S/C13H18N4/c1-11-8-17(10-13(16-11)5-6-14)9-12-4-2-3-7-15-12/h2-4,7,11,13,16H,5,8-10H2,1H3. The second-order valence-corrected chi connectivity index (χ2v) is 4.64. The van der Waals surface area contributed by atoms with Crippen LogP contribution in [0.25, 0.3) is 0 Å². The first kappa shape index (κ1) is 12.0. The van der Waals surface area contributed by atoms with Crippen LogP contribution in [0.15, 0.2) is 24.4 Å². The second kappa shape index (κ2) is 5.76. The fourth-order valence-electron chi connectivity index (χ4n) is 2.36. The Hall–Kier alpha value is -1.44. The molecule has 1 aromatic rings. The highest BCUT2D eigenvalue weighted by atomic mass is 15.2. The van der Waals surface area contributed by atoms with Gasteiger partial charge >= 0.3 is 0 Å². The lowest BCUT2D eigenvalue weighted by atomic mass is 10.1. The number of piperazine rings is 1. The summed E-state index contributed by atoms with van der Waals surface area (Å²) >= 11 is 0. The molecule has 90 valence electrons. The topological polar surface area (TPSA) is 52.0 Å². The highest BCUT2D eigenvalue weighted by Gasteiger charge is 2.23. The fourth-order valence-corrected chi connectivity index (χ4v) is 2.36. The van der Waals surface area contributed by atoms with Gasteiger partial charge in [0.2, 0.25) is 0 Å². The highest BCUT2D eigenvalue weighted by molar-refractivity contribution is 5.04. The Balaban J connectivity index is 1.94. The second-order valence-electron chi connectivity index (χ2n) is 4.64. The van der Waals surface area contributed by atoms with Crippen molar-refractivity contribution in [2.45, 2.75) is 32.0 Å². The summed E-state index contributed by atoms with van der Waals surface area (Å²) in [6.07, 6.45) is 2.40. The van der Waals surface area contributed by atoms with Gasteiger partial charge in [-0.1, -0.05) is 6.07 Å². The van der Waals surface area contributed by atoms with Crippen LogP contribution in [0.3, 0.4) is 0 Å². The number of rotatable bonds is 3. The summed E-state index contributed by atoms with van der Waals surface area (Å²) in [4.78, 5) is 6.71. The van der Waals surface area contributed by atoms with E-state index in [1.807, 2.05) is 24.4 Å². The molecular weight excluding hydrogens is 212 g/mol. The van der Waals surface area contributed by atoms with Crippen LogP contribution in [0.5, 0.6) is 0 Å². The van der Waals surface area contributed by atoms with Gasteiger partial charge in [0.25, 0.3) is 0 Å². The molecule has 0 spiro atoms. The first-order valence-electron chi connectivity index (χ1n) is 6.03. The number of pyridine rings is 1. The predicted octanol–water partition coefficient (Wildman–Crippen LogP) is 1.16. The van der Waals surface area contributed by atoms with E-state index in [1.54, 1.807) is 0 Å². The van der Waals surface area contributed by atoms with Crippen LogP contribution in [0, 0.1) is 11.3 Å². The van der Waals surface area contributed by atoms with Crippen molar-refractivity contribution in [1.29, 1.82) is 5.26 Å². The maximum Gasteiger partial charge on any atom is 0.0638 e. The van der Waals surface area contributed by atoms with Crippen LogP contribution in [-0.2, 0) is 6.54 Å². The zero-order valence-corrected chi connectivity index (χ0v) is 10.1. The molecule has 0 radical (unpaired) electrons. The first-order chi connectivity index (χ1) is 8.28. The van der Waals surface area contributed by atoms with Crippen molar-refractivity contribution in [3.63, 3.8) is 0 Å². The molecule has 0 saturated carbocycles. The largest absolute Gasteiger partial charge is 0.308 e. The highest BCUT2D eigenvalue weighted by Crippen LogP contribution is 2.10. The predicted molar refractivity (Wildman–Crippen MR) is 66.1 cm³/mol. The van der Waals surface area contributed by atoms with E-state index in [0.29, 0.717) is 12.5 Å². The number of aromatic nitrogens is 1. The number of hydrogen-bond donors (Lipinski definition) is 1. The van der Waals surface area contributed by atoms with Crippen molar-refractivity contribution in [2.24, 2.45) is 0 Å². The molecule has 1 N–H and O–H groups in total. The first-order valence-corrected chi connectivity index (χ1v) is 6.03. The molecule has 0 amide bonds. The van der Waals surface area contributed by atoms with Crippen LogP contribution >= 0.6 is 0 Å². The molecule has 1 saturated heterocycles. The van der Waals surface area contributed by atoms with E-state index in [-0.39, 0.29) is 6.04 Å². The lowest BCUT2D eigenvalue weighted by molar-refractivity contribution is 0.159. The van der Waals surface area contributed by atoms with Crippen molar-refractivity contribution in [2.75, 3.05) is 13.1 Å². The van der Waals surface area contributed by atoms with Crippen LogP contribution in [-0.4, -0.2) is 35.1 Å². The van der Waals surface area contributed by atoms with Gasteiger partial charge in [0, 0.05) is 37.9 Å². The summed E-state index contributed by atoms with van der Waals surface area (Å²) in [5.74, 6) is 0. The lowest BCUT2D eigenvalue weighted by Crippen LogP contribution is -2.54. The minimum Gasteiger partial charge on any atom is -0.308 e. The maximum absolute atomic E-state index is 8.76. The van der Waals surface area contributed by atoms with E-state index in [0.717, 1.165) is 25.3 Å². The quantitative estimate of drug-likeness (QED) is 0.846. The third-order valence-corrected chi connectivity index (χ3v) is 2.98. The molecule has 2 rings (SSSR count). The Morgan fingerprint density at radius 1 is 1.53 bits per heavy atom. The third kappa shape index (κ3) is 3.52. The monoisotopic (exact) mass is 230 g/mol. The summed E-state index contributed by atoms with van der Waals surface area (Å²) in [7, 11) is 0. The zero-order valence-electron chi connectivity index (χ0n) is 10.1. The molecular formula is C13H18N4.